The fourth-order valence-corrected chi connectivity index (χ4v) is 2.24. The summed E-state index contributed by atoms with van der Waals surface area (Å²) in [5.74, 6) is -0.808. The van der Waals surface area contributed by atoms with Crippen LogP contribution in [0.15, 0.2) is 11.8 Å². The van der Waals surface area contributed by atoms with Crippen molar-refractivity contribution in [3.63, 3.8) is 0 Å². The van der Waals surface area contributed by atoms with Gasteiger partial charge >= 0.3 is 18.2 Å². The van der Waals surface area contributed by atoms with Crippen LogP contribution in [-0.4, -0.2) is 51.8 Å². The van der Waals surface area contributed by atoms with E-state index in [0.717, 1.165) is 6.42 Å². The number of hydrogen-bond donors (Lipinski definition) is 0. The van der Waals surface area contributed by atoms with E-state index in [1.54, 1.807) is 41.5 Å². The summed E-state index contributed by atoms with van der Waals surface area (Å²) < 4.78 is 15.9. The number of hydrogen-bond acceptors (Lipinski definition) is 8. The molecule has 0 rings (SSSR count). The van der Waals surface area contributed by atoms with E-state index in [1.807, 2.05) is 6.92 Å². The molecule has 0 heterocycles. The summed E-state index contributed by atoms with van der Waals surface area (Å²) in [5, 5.41) is 10.8. The average molecular weight is 445 g/mol. The SMILES string of the molecule is CCCCOC(=O)[C@H](CC/C=C(\C)[N+](=O)[O-])N(C(=O)OC(C)(C)C)C(=O)OC(C)(C)C. The molecule has 0 unspecified atom stereocenters. The van der Waals surface area contributed by atoms with Crippen molar-refractivity contribution in [2.45, 2.75) is 98.3 Å². The van der Waals surface area contributed by atoms with Crippen molar-refractivity contribution in [1.82, 2.24) is 4.90 Å². The van der Waals surface area contributed by atoms with Gasteiger partial charge in [0.25, 0.3) is 0 Å². The van der Waals surface area contributed by atoms with Gasteiger partial charge in [0.1, 0.15) is 17.2 Å². The molecule has 0 aromatic rings. The van der Waals surface area contributed by atoms with Gasteiger partial charge in [-0.25, -0.2) is 14.4 Å². The largest absolute Gasteiger partial charge is 0.464 e. The van der Waals surface area contributed by atoms with Crippen molar-refractivity contribution in [3.8, 4) is 0 Å². The van der Waals surface area contributed by atoms with E-state index in [4.69, 9.17) is 14.2 Å². The molecule has 31 heavy (non-hydrogen) atoms. The van der Waals surface area contributed by atoms with Crippen LogP contribution in [0.5, 0.6) is 0 Å². The molecule has 2 amide bonds. The number of nitro groups is 1. The molecule has 0 aromatic heterocycles. The van der Waals surface area contributed by atoms with Crippen molar-refractivity contribution in [2.24, 2.45) is 0 Å². The van der Waals surface area contributed by atoms with Crippen molar-refractivity contribution < 1.29 is 33.5 Å². The highest BCUT2D eigenvalue weighted by molar-refractivity contribution is 5.94. The lowest BCUT2D eigenvalue weighted by molar-refractivity contribution is -0.424. The van der Waals surface area contributed by atoms with Gasteiger partial charge in [-0.1, -0.05) is 13.3 Å². The smallest absolute Gasteiger partial charge is 0.420 e. The molecule has 10 heteroatoms. The van der Waals surface area contributed by atoms with Crippen LogP contribution in [0.4, 0.5) is 9.59 Å². The van der Waals surface area contributed by atoms with Crippen LogP contribution in [0, 0.1) is 10.1 Å². The Morgan fingerprint density at radius 1 is 1.03 bits per heavy atom. The lowest BCUT2D eigenvalue weighted by Crippen LogP contribution is -2.52. The maximum Gasteiger partial charge on any atom is 0.420 e. The molecule has 0 aliphatic heterocycles. The normalized spacial score (nSPS) is 13.2. The summed E-state index contributed by atoms with van der Waals surface area (Å²) in [4.78, 5) is 49.3. The van der Waals surface area contributed by atoms with Gasteiger partial charge in [-0.05, 0) is 66.9 Å². The number of rotatable bonds is 9. The van der Waals surface area contributed by atoms with E-state index < -0.39 is 40.3 Å². The summed E-state index contributed by atoms with van der Waals surface area (Å²) in [6.45, 7) is 13.1. The molecule has 0 aromatic carbocycles. The van der Waals surface area contributed by atoms with E-state index in [2.05, 4.69) is 0 Å². The second-order valence-corrected chi connectivity index (χ2v) is 9.05. The maximum absolute atomic E-state index is 12.8. The van der Waals surface area contributed by atoms with E-state index in [-0.39, 0.29) is 25.1 Å². The van der Waals surface area contributed by atoms with Crippen molar-refractivity contribution in [1.29, 1.82) is 0 Å². The average Bonchev–Trinajstić information content (AvgIpc) is 2.57. The van der Waals surface area contributed by atoms with Crippen LogP contribution < -0.4 is 0 Å². The molecule has 0 saturated heterocycles. The molecule has 0 radical (unpaired) electrons. The van der Waals surface area contributed by atoms with Gasteiger partial charge < -0.3 is 14.2 Å². The molecule has 0 bridgehead atoms. The van der Waals surface area contributed by atoms with Crippen LogP contribution in [0.25, 0.3) is 0 Å². The number of nitrogens with zero attached hydrogens (tertiary/aromatic N) is 2. The Balaban J connectivity index is 5.97. The van der Waals surface area contributed by atoms with Crippen molar-refractivity contribution in [3.05, 3.63) is 21.9 Å². The van der Waals surface area contributed by atoms with Crippen LogP contribution >= 0.6 is 0 Å². The third-order valence-corrected chi connectivity index (χ3v) is 3.67. The summed E-state index contributed by atoms with van der Waals surface area (Å²) in [5.41, 5.74) is -1.98. The van der Waals surface area contributed by atoms with Crippen molar-refractivity contribution >= 4 is 18.2 Å². The fraction of sp³-hybridized carbons (Fsp3) is 0.762. The molecule has 0 aliphatic carbocycles. The predicted octanol–water partition coefficient (Wildman–Crippen LogP) is 4.83. The van der Waals surface area contributed by atoms with Gasteiger partial charge in [0.2, 0.25) is 5.70 Å². The molecule has 0 N–H and O–H groups in total. The lowest BCUT2D eigenvalue weighted by atomic mass is 10.1. The van der Waals surface area contributed by atoms with Crippen LogP contribution in [0.3, 0.4) is 0 Å². The highest BCUT2D eigenvalue weighted by Crippen LogP contribution is 2.20. The Morgan fingerprint density at radius 2 is 1.52 bits per heavy atom. The second kappa shape index (κ2) is 12.3. The number of imide groups is 1. The third-order valence-electron chi connectivity index (χ3n) is 3.67. The highest BCUT2D eigenvalue weighted by Gasteiger charge is 2.40. The van der Waals surface area contributed by atoms with Gasteiger partial charge in [0, 0.05) is 6.92 Å². The number of esters is 1. The first kappa shape index (κ1) is 28.4. The molecule has 0 fully saturated rings. The minimum atomic E-state index is -1.36. The van der Waals surface area contributed by atoms with Gasteiger partial charge in [0.05, 0.1) is 11.5 Å². The van der Waals surface area contributed by atoms with Crippen LogP contribution in [0.1, 0.15) is 81.1 Å². The molecule has 0 saturated carbocycles. The van der Waals surface area contributed by atoms with E-state index in [9.17, 15) is 24.5 Å². The second-order valence-electron chi connectivity index (χ2n) is 9.05. The summed E-state index contributed by atoms with van der Waals surface area (Å²) in [6, 6.07) is -1.36. The molecular formula is C21H36N2O8. The number of carbonyl (C=O) groups excluding carboxylic acids is 3. The minimum Gasteiger partial charge on any atom is -0.464 e. The summed E-state index contributed by atoms with van der Waals surface area (Å²) in [7, 11) is 0. The highest BCUT2D eigenvalue weighted by atomic mass is 16.6. The zero-order valence-electron chi connectivity index (χ0n) is 19.9. The Kier molecular flexibility index (Phi) is 11.2. The van der Waals surface area contributed by atoms with E-state index in [0.29, 0.717) is 11.3 Å². The molecule has 1 atom stereocenters. The minimum absolute atomic E-state index is 0.0580. The Labute approximate surface area is 184 Å². The molecule has 0 aliphatic rings. The topological polar surface area (TPSA) is 125 Å². The Bertz CT molecular complexity index is 646. The number of amides is 2. The number of unbranched alkanes of at least 4 members (excludes halogenated alkanes) is 1. The van der Waals surface area contributed by atoms with Crippen LogP contribution in [0.2, 0.25) is 0 Å². The first-order chi connectivity index (χ1) is 14.1. The summed E-state index contributed by atoms with van der Waals surface area (Å²) in [6.07, 6.45) is 0.553. The lowest BCUT2D eigenvalue weighted by Gasteiger charge is -2.32. The first-order valence-corrected chi connectivity index (χ1v) is 10.3. The van der Waals surface area contributed by atoms with Gasteiger partial charge in [0.15, 0.2) is 0 Å². The standard InChI is InChI=1S/C21H36N2O8/c1-9-10-14-29-17(24)16(13-11-12-15(2)23(27)28)22(18(25)30-20(3,4)5)19(26)31-21(6,7)8/h12,16H,9-11,13-14H2,1-8H3/b15-12+/t16-/m0/s1. The van der Waals surface area contributed by atoms with Gasteiger partial charge in [-0.2, -0.15) is 4.90 Å². The molecular weight excluding hydrogens is 408 g/mol. The molecule has 178 valence electrons. The number of carbonyl (C=O) groups is 3. The van der Waals surface area contributed by atoms with E-state index in [1.165, 1.54) is 13.0 Å². The van der Waals surface area contributed by atoms with Gasteiger partial charge in [-0.3, -0.25) is 10.1 Å². The Morgan fingerprint density at radius 3 is 1.90 bits per heavy atom. The zero-order valence-corrected chi connectivity index (χ0v) is 19.9. The predicted molar refractivity (Wildman–Crippen MR) is 114 cm³/mol. The summed E-state index contributed by atoms with van der Waals surface area (Å²) >= 11 is 0. The maximum atomic E-state index is 12.8. The van der Waals surface area contributed by atoms with Crippen molar-refractivity contribution in [2.75, 3.05) is 6.61 Å². The number of ether oxygens (including phenoxy) is 3. The third kappa shape index (κ3) is 12.0. The Hall–Kier alpha value is -2.65. The van der Waals surface area contributed by atoms with Crippen LogP contribution in [-0.2, 0) is 19.0 Å². The van der Waals surface area contributed by atoms with E-state index >= 15 is 0 Å². The first-order valence-electron chi connectivity index (χ1n) is 10.3. The quantitative estimate of drug-likeness (QED) is 0.163. The molecule has 0 spiro atoms. The fourth-order valence-electron chi connectivity index (χ4n) is 2.24. The number of allylic oxidation sites excluding steroid dienone is 2. The molecule has 10 nitrogen and oxygen atoms in total. The monoisotopic (exact) mass is 444 g/mol. The zero-order chi connectivity index (χ0) is 24.4. The van der Waals surface area contributed by atoms with Gasteiger partial charge in [-0.15, -0.1) is 0 Å².